The van der Waals surface area contributed by atoms with Crippen molar-refractivity contribution in [1.82, 2.24) is 10.2 Å². The van der Waals surface area contributed by atoms with Crippen LogP contribution in [-0.2, 0) is 6.42 Å². The smallest absolute Gasteiger partial charge is 0.109 e. The van der Waals surface area contributed by atoms with Crippen LogP contribution in [-0.4, -0.2) is 30.6 Å². The number of hydrogen-bond donors (Lipinski definition) is 1. The third-order valence-electron chi connectivity index (χ3n) is 5.38. The number of likely N-dealkylation sites (tertiary alicyclic amines) is 1. The van der Waals surface area contributed by atoms with Gasteiger partial charge in [-0.2, -0.15) is 0 Å². The Balaban J connectivity index is 1.75. The highest BCUT2D eigenvalue weighted by Gasteiger charge is 2.36. The van der Waals surface area contributed by atoms with Gasteiger partial charge in [0.25, 0.3) is 0 Å². The van der Waals surface area contributed by atoms with Gasteiger partial charge < -0.3 is 14.6 Å². The SMILES string of the molecule is Cc1cc2c(o1)CC(C)(C)CC2NC1CCN(C)C(C)C1. The maximum atomic E-state index is 5.95. The van der Waals surface area contributed by atoms with Crippen LogP contribution in [0.2, 0.25) is 0 Å². The van der Waals surface area contributed by atoms with Crippen LogP contribution in [0, 0.1) is 12.3 Å². The van der Waals surface area contributed by atoms with Gasteiger partial charge in [-0.3, -0.25) is 0 Å². The molecule has 1 N–H and O–H groups in total. The number of furan rings is 1. The number of rotatable bonds is 2. The van der Waals surface area contributed by atoms with Crippen molar-refractivity contribution < 1.29 is 4.42 Å². The molecule has 3 rings (SSSR count). The molecule has 3 atom stereocenters. The lowest BCUT2D eigenvalue weighted by Gasteiger charge is -2.40. The zero-order chi connectivity index (χ0) is 15.2. The first-order chi connectivity index (χ1) is 9.84. The topological polar surface area (TPSA) is 28.4 Å². The van der Waals surface area contributed by atoms with E-state index in [-0.39, 0.29) is 0 Å². The average molecular weight is 290 g/mol. The molecule has 0 radical (unpaired) electrons. The van der Waals surface area contributed by atoms with Gasteiger partial charge in [-0.15, -0.1) is 0 Å². The molecular formula is C18H30N2O. The van der Waals surface area contributed by atoms with Crippen LogP contribution < -0.4 is 5.32 Å². The molecule has 118 valence electrons. The van der Waals surface area contributed by atoms with Gasteiger partial charge in [0.1, 0.15) is 11.5 Å². The summed E-state index contributed by atoms with van der Waals surface area (Å²) in [6, 6.07) is 4.03. The molecule has 2 aliphatic rings. The molecule has 1 fully saturated rings. The highest BCUT2D eigenvalue weighted by Crippen LogP contribution is 2.42. The normalized spacial score (nSPS) is 32.9. The minimum atomic E-state index is 0.325. The molecule has 21 heavy (non-hydrogen) atoms. The van der Waals surface area contributed by atoms with Gasteiger partial charge in [0, 0.05) is 30.1 Å². The van der Waals surface area contributed by atoms with E-state index in [2.05, 4.69) is 51.0 Å². The van der Waals surface area contributed by atoms with Crippen molar-refractivity contribution in [3.05, 3.63) is 23.2 Å². The van der Waals surface area contributed by atoms with Crippen LogP contribution in [0.3, 0.4) is 0 Å². The van der Waals surface area contributed by atoms with Crippen molar-refractivity contribution in [1.29, 1.82) is 0 Å². The Morgan fingerprint density at radius 2 is 2.14 bits per heavy atom. The largest absolute Gasteiger partial charge is 0.466 e. The summed E-state index contributed by atoms with van der Waals surface area (Å²) in [7, 11) is 2.24. The first-order valence-corrected chi connectivity index (χ1v) is 8.39. The summed E-state index contributed by atoms with van der Waals surface area (Å²) in [5, 5.41) is 3.95. The van der Waals surface area contributed by atoms with Gasteiger partial charge in [-0.25, -0.2) is 0 Å². The third kappa shape index (κ3) is 3.19. The van der Waals surface area contributed by atoms with Crippen LogP contribution in [0.25, 0.3) is 0 Å². The molecule has 1 aliphatic heterocycles. The fourth-order valence-corrected chi connectivity index (χ4v) is 4.06. The van der Waals surface area contributed by atoms with Crippen molar-refractivity contribution >= 4 is 0 Å². The molecular weight excluding hydrogens is 260 g/mol. The molecule has 0 spiro atoms. The van der Waals surface area contributed by atoms with Gasteiger partial charge in [0.15, 0.2) is 0 Å². The second-order valence-corrected chi connectivity index (χ2v) is 8.05. The Bertz CT molecular complexity index is 505. The summed E-state index contributed by atoms with van der Waals surface area (Å²) in [6.45, 7) is 10.3. The first kappa shape index (κ1) is 15.1. The van der Waals surface area contributed by atoms with Crippen molar-refractivity contribution in [3.63, 3.8) is 0 Å². The Hall–Kier alpha value is -0.800. The summed E-state index contributed by atoms with van der Waals surface area (Å²) in [5.41, 5.74) is 1.74. The Labute approximate surface area is 129 Å². The zero-order valence-corrected chi connectivity index (χ0v) is 14.2. The van der Waals surface area contributed by atoms with Crippen molar-refractivity contribution in [3.8, 4) is 0 Å². The van der Waals surface area contributed by atoms with Crippen LogP contribution in [0.1, 0.15) is 63.2 Å². The maximum absolute atomic E-state index is 5.95. The number of aryl methyl sites for hydroxylation is 1. The van der Waals surface area contributed by atoms with Gasteiger partial charge in [-0.1, -0.05) is 13.8 Å². The van der Waals surface area contributed by atoms with Gasteiger partial charge in [0.05, 0.1) is 0 Å². The maximum Gasteiger partial charge on any atom is 0.109 e. The fraction of sp³-hybridized carbons (Fsp3) is 0.778. The van der Waals surface area contributed by atoms with Crippen molar-refractivity contribution in [2.45, 2.75) is 71.5 Å². The van der Waals surface area contributed by atoms with E-state index in [4.69, 9.17) is 4.42 Å². The summed E-state index contributed by atoms with van der Waals surface area (Å²) in [5.74, 6) is 2.27. The number of nitrogens with zero attached hydrogens (tertiary/aromatic N) is 1. The first-order valence-electron chi connectivity index (χ1n) is 8.39. The summed E-state index contributed by atoms with van der Waals surface area (Å²) in [4.78, 5) is 2.47. The van der Waals surface area contributed by atoms with Crippen LogP contribution in [0.5, 0.6) is 0 Å². The second kappa shape index (κ2) is 5.44. The monoisotopic (exact) mass is 290 g/mol. The van der Waals surface area contributed by atoms with Crippen molar-refractivity contribution in [2.75, 3.05) is 13.6 Å². The Morgan fingerprint density at radius 1 is 1.38 bits per heavy atom. The molecule has 1 aromatic heterocycles. The van der Waals surface area contributed by atoms with E-state index in [9.17, 15) is 0 Å². The van der Waals surface area contributed by atoms with Crippen LogP contribution >= 0.6 is 0 Å². The molecule has 3 nitrogen and oxygen atoms in total. The van der Waals surface area contributed by atoms with Gasteiger partial charge in [-0.05, 0) is 58.2 Å². The summed E-state index contributed by atoms with van der Waals surface area (Å²) < 4.78 is 5.95. The summed E-state index contributed by atoms with van der Waals surface area (Å²) >= 11 is 0. The predicted molar refractivity (Wildman–Crippen MR) is 86.5 cm³/mol. The highest BCUT2D eigenvalue weighted by molar-refractivity contribution is 5.29. The number of hydrogen-bond acceptors (Lipinski definition) is 3. The molecule has 3 unspecified atom stereocenters. The highest BCUT2D eigenvalue weighted by atomic mass is 16.3. The molecule has 2 heterocycles. The lowest BCUT2D eigenvalue weighted by Crippen LogP contribution is -2.47. The second-order valence-electron chi connectivity index (χ2n) is 8.05. The van der Waals surface area contributed by atoms with E-state index in [1.807, 2.05) is 0 Å². The molecule has 0 saturated carbocycles. The minimum absolute atomic E-state index is 0.325. The molecule has 1 aliphatic carbocycles. The summed E-state index contributed by atoms with van der Waals surface area (Å²) in [6.07, 6.45) is 4.78. The van der Waals surface area contributed by atoms with Crippen LogP contribution in [0.15, 0.2) is 10.5 Å². The van der Waals surface area contributed by atoms with E-state index >= 15 is 0 Å². The molecule has 0 aromatic carbocycles. The zero-order valence-electron chi connectivity index (χ0n) is 14.2. The standard InChI is InChI=1S/C18H30N2O/c1-12-8-14(6-7-20(12)5)19-16-10-18(3,4)11-17-15(16)9-13(2)21-17/h9,12,14,16,19H,6-8,10-11H2,1-5H3. The number of fused-ring (bicyclic) bond motifs is 1. The van der Waals surface area contributed by atoms with E-state index in [0.717, 1.165) is 12.2 Å². The van der Waals surface area contributed by atoms with Gasteiger partial charge >= 0.3 is 0 Å². The molecule has 0 amide bonds. The quantitative estimate of drug-likeness (QED) is 0.901. The predicted octanol–water partition coefficient (Wildman–Crippen LogP) is 3.67. The van der Waals surface area contributed by atoms with Crippen LogP contribution in [0.4, 0.5) is 0 Å². The number of nitrogens with one attached hydrogen (secondary N) is 1. The molecule has 1 saturated heterocycles. The Morgan fingerprint density at radius 3 is 2.86 bits per heavy atom. The van der Waals surface area contributed by atoms with E-state index in [1.54, 1.807) is 0 Å². The van der Waals surface area contributed by atoms with E-state index < -0.39 is 0 Å². The average Bonchev–Trinajstić information content (AvgIpc) is 2.73. The molecule has 0 bridgehead atoms. The third-order valence-corrected chi connectivity index (χ3v) is 5.38. The van der Waals surface area contributed by atoms with E-state index in [0.29, 0.717) is 23.5 Å². The fourth-order valence-electron chi connectivity index (χ4n) is 4.06. The Kier molecular flexibility index (Phi) is 3.91. The number of piperidine rings is 1. The van der Waals surface area contributed by atoms with E-state index in [1.165, 1.54) is 37.1 Å². The van der Waals surface area contributed by atoms with Crippen molar-refractivity contribution in [2.24, 2.45) is 5.41 Å². The lowest BCUT2D eigenvalue weighted by molar-refractivity contribution is 0.148. The molecule has 3 heteroatoms. The molecule has 1 aromatic rings. The van der Waals surface area contributed by atoms with Gasteiger partial charge in [0.2, 0.25) is 0 Å². The lowest BCUT2D eigenvalue weighted by atomic mass is 9.74. The minimum Gasteiger partial charge on any atom is -0.466 e.